The molecule has 3 nitrogen and oxygen atoms in total. The maximum absolute atomic E-state index is 5.91. The Labute approximate surface area is 105 Å². The lowest BCUT2D eigenvalue weighted by atomic mass is 9.91. The first-order valence-electron chi connectivity index (χ1n) is 6.40. The lowest BCUT2D eigenvalue weighted by molar-refractivity contribution is 0.373. The van der Waals surface area contributed by atoms with E-state index in [0.717, 1.165) is 37.1 Å². The van der Waals surface area contributed by atoms with Crippen LogP contribution in [0.4, 0.5) is 0 Å². The van der Waals surface area contributed by atoms with Crippen LogP contribution >= 0.6 is 0 Å². The van der Waals surface area contributed by atoms with Gasteiger partial charge in [-0.3, -0.25) is 4.99 Å². The number of hydrogen-bond acceptors (Lipinski definition) is 2. The fraction of sp³-hybridized carbons (Fsp3) is 0.643. The van der Waals surface area contributed by atoms with Crippen molar-refractivity contribution in [1.29, 1.82) is 0 Å². The monoisotopic (exact) mass is 235 g/mol. The SMILES string of the molecule is C=C(C(C)=CC)C(=NC)NC1CCC(N)CC1. The van der Waals surface area contributed by atoms with Gasteiger partial charge in [-0.15, -0.1) is 0 Å². The second-order valence-corrected chi connectivity index (χ2v) is 4.78. The molecule has 0 unspecified atom stereocenters. The number of rotatable bonds is 3. The van der Waals surface area contributed by atoms with Crippen LogP contribution in [0, 0.1) is 0 Å². The van der Waals surface area contributed by atoms with Crippen LogP contribution in [0.2, 0.25) is 0 Å². The standard InChI is InChI=1S/C14H25N3/c1-5-10(2)11(3)14(16-4)17-13-8-6-12(15)7-9-13/h5,12-13H,3,6-9,15H2,1-2,4H3,(H,16,17). The van der Waals surface area contributed by atoms with Crippen molar-refractivity contribution in [2.24, 2.45) is 10.7 Å². The van der Waals surface area contributed by atoms with Crippen LogP contribution in [0.25, 0.3) is 0 Å². The van der Waals surface area contributed by atoms with Crippen LogP contribution in [0.15, 0.2) is 28.8 Å². The van der Waals surface area contributed by atoms with Gasteiger partial charge in [0.25, 0.3) is 0 Å². The highest BCUT2D eigenvalue weighted by molar-refractivity contribution is 6.01. The molecule has 0 bridgehead atoms. The van der Waals surface area contributed by atoms with E-state index >= 15 is 0 Å². The van der Waals surface area contributed by atoms with Crippen molar-refractivity contribution in [2.45, 2.75) is 51.6 Å². The molecule has 0 saturated heterocycles. The Balaban J connectivity index is 2.56. The van der Waals surface area contributed by atoms with Crippen molar-refractivity contribution in [3.63, 3.8) is 0 Å². The summed E-state index contributed by atoms with van der Waals surface area (Å²) in [5.74, 6) is 0.918. The highest BCUT2D eigenvalue weighted by Crippen LogP contribution is 2.18. The highest BCUT2D eigenvalue weighted by Gasteiger charge is 2.19. The van der Waals surface area contributed by atoms with Crippen molar-refractivity contribution in [3.05, 3.63) is 23.8 Å². The van der Waals surface area contributed by atoms with Gasteiger partial charge in [-0.1, -0.05) is 12.7 Å². The van der Waals surface area contributed by atoms with E-state index in [2.05, 4.69) is 29.9 Å². The van der Waals surface area contributed by atoms with Gasteiger partial charge in [0.05, 0.1) is 0 Å². The van der Waals surface area contributed by atoms with Crippen LogP contribution in [0.3, 0.4) is 0 Å². The Morgan fingerprint density at radius 2 is 1.94 bits per heavy atom. The summed E-state index contributed by atoms with van der Waals surface area (Å²) in [4.78, 5) is 4.30. The number of hydrogen-bond donors (Lipinski definition) is 2. The maximum atomic E-state index is 5.91. The fourth-order valence-corrected chi connectivity index (χ4v) is 2.10. The molecule has 0 radical (unpaired) electrons. The normalized spacial score (nSPS) is 26.8. The van der Waals surface area contributed by atoms with Gasteiger partial charge in [0.15, 0.2) is 0 Å². The van der Waals surface area contributed by atoms with Gasteiger partial charge in [0.2, 0.25) is 0 Å². The molecule has 3 N–H and O–H groups in total. The van der Waals surface area contributed by atoms with Crippen molar-refractivity contribution < 1.29 is 0 Å². The summed E-state index contributed by atoms with van der Waals surface area (Å²) in [6.07, 6.45) is 6.52. The van der Waals surface area contributed by atoms with E-state index in [-0.39, 0.29) is 0 Å². The van der Waals surface area contributed by atoms with E-state index < -0.39 is 0 Å². The first-order valence-corrected chi connectivity index (χ1v) is 6.40. The Kier molecular flexibility index (Phi) is 5.42. The fourth-order valence-electron chi connectivity index (χ4n) is 2.10. The number of allylic oxidation sites excluding steroid dienone is 1. The van der Waals surface area contributed by atoms with E-state index in [1.54, 1.807) is 0 Å². The molecule has 0 aromatic carbocycles. The molecule has 0 aromatic rings. The third kappa shape index (κ3) is 4.00. The molecule has 0 amide bonds. The third-order valence-electron chi connectivity index (χ3n) is 3.53. The largest absolute Gasteiger partial charge is 0.367 e. The maximum Gasteiger partial charge on any atom is 0.127 e. The molecule has 1 fully saturated rings. The zero-order chi connectivity index (χ0) is 12.8. The molecule has 0 aromatic heterocycles. The van der Waals surface area contributed by atoms with Gasteiger partial charge < -0.3 is 11.1 Å². The van der Waals surface area contributed by atoms with Gasteiger partial charge in [-0.05, 0) is 45.1 Å². The molecule has 17 heavy (non-hydrogen) atoms. The average Bonchev–Trinajstić information content (AvgIpc) is 2.36. The van der Waals surface area contributed by atoms with Crippen molar-refractivity contribution in [1.82, 2.24) is 5.32 Å². The first-order chi connectivity index (χ1) is 8.08. The zero-order valence-electron chi connectivity index (χ0n) is 11.3. The molecule has 1 aliphatic carbocycles. The Hall–Kier alpha value is -1.09. The highest BCUT2D eigenvalue weighted by atomic mass is 15.0. The smallest absolute Gasteiger partial charge is 0.127 e. The third-order valence-corrected chi connectivity index (χ3v) is 3.53. The molecule has 1 saturated carbocycles. The molecule has 1 aliphatic rings. The number of aliphatic imine (C=N–C) groups is 1. The Bertz CT molecular complexity index is 320. The second kappa shape index (κ2) is 6.60. The van der Waals surface area contributed by atoms with Gasteiger partial charge in [-0.2, -0.15) is 0 Å². The summed E-state index contributed by atoms with van der Waals surface area (Å²) in [5, 5.41) is 3.50. The molecule has 3 heteroatoms. The van der Waals surface area contributed by atoms with E-state index in [1.807, 2.05) is 14.0 Å². The Morgan fingerprint density at radius 3 is 2.41 bits per heavy atom. The van der Waals surface area contributed by atoms with Crippen LogP contribution in [-0.2, 0) is 0 Å². The number of nitrogens with zero attached hydrogens (tertiary/aromatic N) is 1. The van der Waals surface area contributed by atoms with Gasteiger partial charge in [-0.25, -0.2) is 0 Å². The van der Waals surface area contributed by atoms with Gasteiger partial charge >= 0.3 is 0 Å². The second-order valence-electron chi connectivity index (χ2n) is 4.78. The molecule has 1 rings (SSSR count). The summed E-state index contributed by atoms with van der Waals surface area (Å²) in [7, 11) is 1.81. The van der Waals surface area contributed by atoms with Crippen molar-refractivity contribution in [3.8, 4) is 0 Å². The van der Waals surface area contributed by atoms with Crippen LogP contribution in [0.1, 0.15) is 39.5 Å². The summed E-state index contributed by atoms with van der Waals surface area (Å²) >= 11 is 0. The summed E-state index contributed by atoms with van der Waals surface area (Å²) in [5.41, 5.74) is 8.07. The minimum absolute atomic E-state index is 0.385. The molecule has 0 spiro atoms. The Morgan fingerprint density at radius 1 is 1.35 bits per heavy atom. The number of nitrogens with one attached hydrogen (secondary N) is 1. The average molecular weight is 235 g/mol. The summed E-state index contributed by atoms with van der Waals surface area (Å²) in [6, 6.07) is 0.880. The minimum Gasteiger partial charge on any atom is -0.367 e. The van der Waals surface area contributed by atoms with E-state index in [0.29, 0.717) is 12.1 Å². The minimum atomic E-state index is 0.385. The topological polar surface area (TPSA) is 50.4 Å². The molecule has 0 aliphatic heterocycles. The molecular formula is C14H25N3. The van der Waals surface area contributed by atoms with Crippen LogP contribution in [-0.4, -0.2) is 25.0 Å². The summed E-state index contributed by atoms with van der Waals surface area (Å²) < 4.78 is 0. The molecule has 0 atom stereocenters. The number of nitrogens with two attached hydrogens (primary N) is 1. The predicted octanol–water partition coefficient (Wildman–Crippen LogP) is 2.40. The summed E-state index contributed by atoms with van der Waals surface area (Å²) in [6.45, 7) is 8.17. The lowest BCUT2D eigenvalue weighted by Gasteiger charge is -2.28. The van der Waals surface area contributed by atoms with Crippen molar-refractivity contribution >= 4 is 5.84 Å². The number of amidine groups is 1. The lowest BCUT2D eigenvalue weighted by Crippen LogP contribution is -2.41. The molecular weight excluding hydrogens is 210 g/mol. The van der Waals surface area contributed by atoms with Gasteiger partial charge in [0.1, 0.15) is 5.84 Å². The predicted molar refractivity (Wildman–Crippen MR) is 75.3 cm³/mol. The van der Waals surface area contributed by atoms with Crippen molar-refractivity contribution in [2.75, 3.05) is 7.05 Å². The van der Waals surface area contributed by atoms with Gasteiger partial charge in [0, 0.05) is 24.7 Å². The molecule has 0 heterocycles. The van der Waals surface area contributed by atoms with Crippen LogP contribution in [0.5, 0.6) is 0 Å². The van der Waals surface area contributed by atoms with E-state index in [1.165, 1.54) is 5.57 Å². The van der Waals surface area contributed by atoms with Crippen LogP contribution < -0.4 is 11.1 Å². The molecule has 96 valence electrons. The zero-order valence-corrected chi connectivity index (χ0v) is 11.3. The van der Waals surface area contributed by atoms with E-state index in [9.17, 15) is 0 Å². The first kappa shape index (κ1) is 14.0. The van der Waals surface area contributed by atoms with E-state index in [4.69, 9.17) is 5.73 Å². The quantitative estimate of drug-likeness (QED) is 0.448.